The Morgan fingerprint density at radius 1 is 1.25 bits per heavy atom. The van der Waals surface area contributed by atoms with Crippen molar-refractivity contribution in [2.24, 2.45) is 5.92 Å². The number of nitro groups is 1. The third-order valence-electron chi connectivity index (χ3n) is 4.45. The molecule has 0 unspecified atom stereocenters. The number of benzene rings is 1. The second-order valence-electron chi connectivity index (χ2n) is 6.01. The maximum absolute atomic E-state index is 12.4. The molecule has 0 N–H and O–H groups in total. The van der Waals surface area contributed by atoms with Gasteiger partial charge in [0.25, 0.3) is 11.6 Å². The van der Waals surface area contributed by atoms with Crippen molar-refractivity contribution in [3.05, 3.63) is 39.9 Å². The predicted molar refractivity (Wildman–Crippen MR) is 87.6 cm³/mol. The average molecular weight is 334 g/mol. The van der Waals surface area contributed by atoms with Crippen LogP contribution in [0.1, 0.15) is 42.5 Å². The second-order valence-corrected chi connectivity index (χ2v) is 6.01. The first kappa shape index (κ1) is 17.9. The van der Waals surface area contributed by atoms with E-state index in [-0.39, 0.29) is 17.6 Å². The third kappa shape index (κ3) is 4.78. The molecule has 0 atom stereocenters. The van der Waals surface area contributed by atoms with Crippen molar-refractivity contribution in [2.75, 3.05) is 20.2 Å². The van der Waals surface area contributed by atoms with Gasteiger partial charge in [0.05, 0.1) is 12.0 Å². The van der Waals surface area contributed by atoms with E-state index in [0.29, 0.717) is 31.0 Å². The number of likely N-dealkylation sites (tertiary alicyclic amines) is 1. The van der Waals surface area contributed by atoms with Gasteiger partial charge in [0.2, 0.25) is 0 Å². The van der Waals surface area contributed by atoms with Crippen LogP contribution >= 0.6 is 0 Å². The van der Waals surface area contributed by atoms with Crippen LogP contribution in [0.5, 0.6) is 0 Å². The number of esters is 1. The Bertz CT molecular complexity index is 592. The van der Waals surface area contributed by atoms with Gasteiger partial charge in [-0.05, 0) is 43.7 Å². The zero-order chi connectivity index (χ0) is 17.5. The summed E-state index contributed by atoms with van der Waals surface area (Å²) in [5, 5.41) is 10.6. The lowest BCUT2D eigenvalue weighted by molar-refractivity contribution is -0.384. The molecular weight excluding hydrogens is 312 g/mol. The van der Waals surface area contributed by atoms with Crippen LogP contribution in [0.15, 0.2) is 24.3 Å². The smallest absolute Gasteiger partial charge is 0.305 e. The molecule has 7 heteroatoms. The highest BCUT2D eigenvalue weighted by molar-refractivity contribution is 5.94. The Balaban J connectivity index is 1.80. The molecule has 1 aliphatic heterocycles. The molecule has 1 aromatic carbocycles. The van der Waals surface area contributed by atoms with E-state index in [1.54, 1.807) is 4.90 Å². The van der Waals surface area contributed by atoms with E-state index in [2.05, 4.69) is 4.74 Å². The normalized spacial score (nSPS) is 15.1. The molecule has 0 saturated carbocycles. The van der Waals surface area contributed by atoms with Crippen LogP contribution in [0.2, 0.25) is 0 Å². The number of carbonyl (C=O) groups is 2. The molecule has 1 heterocycles. The Labute approximate surface area is 140 Å². The van der Waals surface area contributed by atoms with Crippen molar-refractivity contribution in [3.8, 4) is 0 Å². The summed E-state index contributed by atoms with van der Waals surface area (Å²) in [5.74, 6) is 0.259. The van der Waals surface area contributed by atoms with Crippen molar-refractivity contribution in [1.82, 2.24) is 4.90 Å². The number of rotatable bonds is 6. The molecule has 0 aromatic heterocycles. The van der Waals surface area contributed by atoms with Gasteiger partial charge < -0.3 is 9.64 Å². The number of nitro benzene ring substituents is 1. The number of methoxy groups -OCH3 is 1. The molecule has 0 radical (unpaired) electrons. The standard InChI is InChI=1S/C17H22N2O5/c1-24-16(20)4-2-3-13-9-11-18(12-10-13)17(21)14-5-7-15(8-6-14)19(22)23/h5-8,13H,2-4,9-12H2,1H3. The number of nitrogens with zero attached hydrogens (tertiary/aromatic N) is 2. The summed E-state index contributed by atoms with van der Waals surface area (Å²) in [4.78, 5) is 35.5. The van der Waals surface area contributed by atoms with Crippen molar-refractivity contribution in [2.45, 2.75) is 32.1 Å². The molecule has 1 amide bonds. The van der Waals surface area contributed by atoms with Gasteiger partial charge in [0, 0.05) is 37.2 Å². The summed E-state index contributed by atoms with van der Waals surface area (Å²) < 4.78 is 4.63. The SMILES string of the molecule is COC(=O)CCCC1CCN(C(=O)c2ccc([N+](=O)[O-])cc2)CC1. The van der Waals surface area contributed by atoms with E-state index < -0.39 is 4.92 Å². The fraction of sp³-hybridized carbons (Fsp3) is 0.529. The molecule has 24 heavy (non-hydrogen) atoms. The van der Waals surface area contributed by atoms with E-state index in [1.165, 1.54) is 31.4 Å². The quantitative estimate of drug-likeness (QED) is 0.453. The van der Waals surface area contributed by atoms with Gasteiger partial charge in [-0.3, -0.25) is 19.7 Å². The van der Waals surface area contributed by atoms with Crippen molar-refractivity contribution in [1.29, 1.82) is 0 Å². The van der Waals surface area contributed by atoms with E-state index in [1.807, 2.05) is 0 Å². The maximum Gasteiger partial charge on any atom is 0.305 e. The minimum Gasteiger partial charge on any atom is -0.469 e. The van der Waals surface area contributed by atoms with Crippen LogP contribution in [-0.4, -0.2) is 41.9 Å². The lowest BCUT2D eigenvalue weighted by atomic mass is 9.91. The van der Waals surface area contributed by atoms with Crippen molar-refractivity contribution < 1.29 is 19.2 Å². The molecule has 1 aliphatic rings. The highest BCUT2D eigenvalue weighted by Gasteiger charge is 2.24. The van der Waals surface area contributed by atoms with E-state index in [4.69, 9.17) is 0 Å². The fourth-order valence-electron chi connectivity index (χ4n) is 2.97. The summed E-state index contributed by atoms with van der Waals surface area (Å²) >= 11 is 0. The van der Waals surface area contributed by atoms with Gasteiger partial charge in [-0.25, -0.2) is 0 Å². The van der Waals surface area contributed by atoms with Crippen LogP contribution in [0.25, 0.3) is 0 Å². The predicted octanol–water partition coefficient (Wildman–Crippen LogP) is 2.79. The van der Waals surface area contributed by atoms with Crippen LogP contribution in [-0.2, 0) is 9.53 Å². The Morgan fingerprint density at radius 3 is 2.42 bits per heavy atom. The minimum absolute atomic E-state index is 0.0177. The average Bonchev–Trinajstić information content (AvgIpc) is 2.61. The number of carbonyl (C=O) groups excluding carboxylic acids is 2. The van der Waals surface area contributed by atoms with E-state index >= 15 is 0 Å². The lowest BCUT2D eigenvalue weighted by Gasteiger charge is -2.32. The Hall–Kier alpha value is -2.44. The van der Waals surface area contributed by atoms with Crippen LogP contribution in [0.3, 0.4) is 0 Å². The van der Waals surface area contributed by atoms with Gasteiger partial charge in [0.15, 0.2) is 0 Å². The van der Waals surface area contributed by atoms with Crippen molar-refractivity contribution >= 4 is 17.6 Å². The summed E-state index contributed by atoms with van der Waals surface area (Å²) in [6.07, 6.45) is 4.06. The Morgan fingerprint density at radius 2 is 1.88 bits per heavy atom. The highest BCUT2D eigenvalue weighted by Crippen LogP contribution is 2.24. The van der Waals surface area contributed by atoms with Crippen LogP contribution in [0, 0.1) is 16.0 Å². The number of amides is 1. The fourth-order valence-corrected chi connectivity index (χ4v) is 2.97. The van der Waals surface area contributed by atoms with Gasteiger partial charge >= 0.3 is 5.97 Å². The molecule has 0 spiro atoms. The molecule has 0 aliphatic carbocycles. The zero-order valence-electron chi connectivity index (χ0n) is 13.8. The first-order chi connectivity index (χ1) is 11.5. The number of hydrogen-bond acceptors (Lipinski definition) is 5. The maximum atomic E-state index is 12.4. The van der Waals surface area contributed by atoms with E-state index in [9.17, 15) is 19.7 Å². The molecule has 1 fully saturated rings. The number of piperidine rings is 1. The minimum atomic E-state index is -0.478. The number of hydrogen-bond donors (Lipinski definition) is 0. The molecule has 7 nitrogen and oxygen atoms in total. The van der Waals surface area contributed by atoms with Crippen LogP contribution in [0.4, 0.5) is 5.69 Å². The molecule has 1 saturated heterocycles. The summed E-state index contributed by atoms with van der Waals surface area (Å²) in [7, 11) is 1.39. The second kappa shape index (κ2) is 8.42. The van der Waals surface area contributed by atoms with Gasteiger partial charge in [-0.2, -0.15) is 0 Å². The molecule has 0 bridgehead atoms. The summed E-state index contributed by atoms with van der Waals surface area (Å²) in [6, 6.07) is 5.71. The largest absolute Gasteiger partial charge is 0.469 e. The van der Waals surface area contributed by atoms with Gasteiger partial charge in [-0.15, -0.1) is 0 Å². The highest BCUT2D eigenvalue weighted by atomic mass is 16.6. The number of non-ortho nitro benzene ring substituents is 1. The third-order valence-corrected chi connectivity index (χ3v) is 4.45. The molecular formula is C17H22N2O5. The Kier molecular flexibility index (Phi) is 6.28. The topological polar surface area (TPSA) is 89.8 Å². The van der Waals surface area contributed by atoms with E-state index in [0.717, 1.165) is 25.7 Å². The lowest BCUT2D eigenvalue weighted by Crippen LogP contribution is -2.38. The van der Waals surface area contributed by atoms with Crippen LogP contribution < -0.4 is 0 Å². The van der Waals surface area contributed by atoms with Gasteiger partial charge in [-0.1, -0.05) is 0 Å². The number of ether oxygens (including phenoxy) is 1. The zero-order valence-corrected chi connectivity index (χ0v) is 13.8. The summed E-state index contributed by atoms with van der Waals surface area (Å²) in [6.45, 7) is 1.36. The molecule has 130 valence electrons. The van der Waals surface area contributed by atoms with Gasteiger partial charge in [0.1, 0.15) is 0 Å². The molecule has 1 aromatic rings. The molecule has 2 rings (SSSR count). The first-order valence-electron chi connectivity index (χ1n) is 8.12. The van der Waals surface area contributed by atoms with Crippen molar-refractivity contribution in [3.63, 3.8) is 0 Å². The first-order valence-corrected chi connectivity index (χ1v) is 8.12. The monoisotopic (exact) mass is 334 g/mol. The summed E-state index contributed by atoms with van der Waals surface area (Å²) in [5.41, 5.74) is 0.459.